The molecule has 1 amide bonds. The Hall–Kier alpha value is -4.45. The van der Waals surface area contributed by atoms with Crippen LogP contribution in [0.25, 0.3) is 16.5 Å². The average Bonchev–Trinajstić information content (AvgIpc) is 3.14. The van der Waals surface area contributed by atoms with Crippen LogP contribution in [-0.2, 0) is 9.59 Å². The van der Waals surface area contributed by atoms with Gasteiger partial charge in [0.15, 0.2) is 0 Å². The van der Waals surface area contributed by atoms with Crippen LogP contribution in [0, 0.1) is 0 Å². The Labute approximate surface area is 196 Å². The van der Waals surface area contributed by atoms with Crippen molar-refractivity contribution in [3.8, 4) is 5.75 Å². The molecule has 1 aliphatic heterocycles. The van der Waals surface area contributed by atoms with E-state index in [1.54, 1.807) is 54.9 Å². The molecule has 0 saturated carbocycles. The molecule has 3 aromatic carbocycles. The summed E-state index contributed by atoms with van der Waals surface area (Å²) in [7, 11) is 0. The Balaban J connectivity index is 1.70. The SMILES string of the molecule is CCOc1cccc(N2C(=O)C(=O)/C(=C(\O)c3ccc4ccccc4c3)C2c2ccncc2)c1. The maximum absolute atomic E-state index is 13.3. The van der Waals surface area contributed by atoms with Crippen LogP contribution in [0.2, 0.25) is 0 Å². The lowest BCUT2D eigenvalue weighted by Crippen LogP contribution is -2.29. The van der Waals surface area contributed by atoms with Gasteiger partial charge >= 0.3 is 0 Å². The fourth-order valence-electron chi connectivity index (χ4n) is 4.34. The van der Waals surface area contributed by atoms with Gasteiger partial charge in [-0.1, -0.05) is 42.5 Å². The van der Waals surface area contributed by atoms with Crippen molar-refractivity contribution in [2.75, 3.05) is 11.5 Å². The number of Topliss-reactive ketones (excluding diaryl/α,β-unsaturated/α-hetero) is 1. The van der Waals surface area contributed by atoms with E-state index < -0.39 is 17.7 Å². The van der Waals surface area contributed by atoms with Crippen LogP contribution >= 0.6 is 0 Å². The molecule has 4 aromatic rings. The summed E-state index contributed by atoms with van der Waals surface area (Å²) in [6.45, 7) is 2.34. The molecule has 0 bridgehead atoms. The molecule has 1 aromatic heterocycles. The minimum Gasteiger partial charge on any atom is -0.507 e. The smallest absolute Gasteiger partial charge is 0.300 e. The summed E-state index contributed by atoms with van der Waals surface area (Å²) in [5.74, 6) is -1.08. The van der Waals surface area contributed by atoms with Gasteiger partial charge in [-0.2, -0.15) is 0 Å². The van der Waals surface area contributed by atoms with Crippen molar-refractivity contribution in [3.63, 3.8) is 0 Å². The summed E-state index contributed by atoms with van der Waals surface area (Å²) in [5.41, 5.74) is 1.68. The van der Waals surface area contributed by atoms with Crippen LogP contribution in [0.5, 0.6) is 5.75 Å². The molecule has 1 saturated heterocycles. The number of nitrogens with zero attached hydrogens (tertiary/aromatic N) is 2. The number of amides is 1. The zero-order valence-electron chi connectivity index (χ0n) is 18.5. The first-order valence-electron chi connectivity index (χ1n) is 11.0. The molecule has 168 valence electrons. The zero-order valence-corrected chi connectivity index (χ0v) is 18.5. The number of rotatable bonds is 5. The number of carbonyl (C=O) groups is 2. The second kappa shape index (κ2) is 8.83. The summed E-state index contributed by atoms with van der Waals surface area (Å²) >= 11 is 0. The van der Waals surface area contributed by atoms with Crippen LogP contribution in [0.15, 0.2) is 96.8 Å². The van der Waals surface area contributed by atoms with Gasteiger partial charge in [0.1, 0.15) is 11.5 Å². The molecule has 1 aliphatic rings. The van der Waals surface area contributed by atoms with Gasteiger partial charge in [0.25, 0.3) is 11.7 Å². The second-order valence-electron chi connectivity index (χ2n) is 7.94. The van der Waals surface area contributed by atoms with E-state index in [2.05, 4.69) is 4.98 Å². The number of fused-ring (bicyclic) bond motifs is 1. The fraction of sp³-hybridized carbons (Fsp3) is 0.107. The molecule has 0 radical (unpaired) electrons. The maximum Gasteiger partial charge on any atom is 0.300 e. The molecule has 6 nitrogen and oxygen atoms in total. The van der Waals surface area contributed by atoms with Gasteiger partial charge in [0.05, 0.1) is 18.2 Å². The summed E-state index contributed by atoms with van der Waals surface area (Å²) in [5, 5.41) is 13.3. The van der Waals surface area contributed by atoms with Crippen molar-refractivity contribution in [2.24, 2.45) is 0 Å². The van der Waals surface area contributed by atoms with Gasteiger partial charge in [-0.25, -0.2) is 0 Å². The summed E-state index contributed by atoms with van der Waals surface area (Å²) in [6.07, 6.45) is 3.20. The molecule has 1 N–H and O–H groups in total. The maximum atomic E-state index is 13.3. The summed E-state index contributed by atoms with van der Waals surface area (Å²) in [6, 6.07) is 22.9. The Bertz CT molecular complexity index is 1430. The van der Waals surface area contributed by atoms with Gasteiger partial charge < -0.3 is 9.84 Å². The van der Waals surface area contributed by atoms with E-state index >= 15 is 0 Å². The van der Waals surface area contributed by atoms with Crippen molar-refractivity contribution in [1.82, 2.24) is 4.98 Å². The van der Waals surface area contributed by atoms with Gasteiger partial charge in [0.2, 0.25) is 0 Å². The summed E-state index contributed by atoms with van der Waals surface area (Å²) < 4.78 is 5.60. The van der Waals surface area contributed by atoms with Gasteiger partial charge in [-0.05, 0) is 53.6 Å². The number of carbonyl (C=O) groups excluding carboxylic acids is 2. The monoisotopic (exact) mass is 450 g/mol. The van der Waals surface area contributed by atoms with Crippen molar-refractivity contribution >= 4 is 33.9 Å². The molecule has 1 unspecified atom stereocenters. The van der Waals surface area contributed by atoms with E-state index in [0.29, 0.717) is 29.2 Å². The molecule has 0 spiro atoms. The average molecular weight is 450 g/mol. The largest absolute Gasteiger partial charge is 0.507 e. The number of benzene rings is 3. The van der Waals surface area contributed by atoms with Crippen molar-refractivity contribution in [1.29, 1.82) is 0 Å². The highest BCUT2D eigenvalue weighted by atomic mass is 16.5. The van der Waals surface area contributed by atoms with Crippen molar-refractivity contribution < 1.29 is 19.4 Å². The number of aliphatic hydroxyl groups is 1. The molecule has 2 heterocycles. The lowest BCUT2D eigenvalue weighted by atomic mass is 9.95. The standard InChI is InChI=1S/C28H22N2O4/c1-2-34-23-9-5-8-22(17-23)30-25(19-12-14-29-15-13-19)24(27(32)28(30)33)26(31)21-11-10-18-6-3-4-7-20(18)16-21/h3-17,25,31H,2H2,1H3/b26-24-. The molecule has 34 heavy (non-hydrogen) atoms. The second-order valence-corrected chi connectivity index (χ2v) is 7.94. The van der Waals surface area contributed by atoms with Crippen LogP contribution in [0.3, 0.4) is 0 Å². The van der Waals surface area contributed by atoms with Gasteiger partial charge in [0, 0.05) is 29.7 Å². The van der Waals surface area contributed by atoms with E-state index in [1.807, 2.05) is 43.3 Å². The molecule has 5 rings (SSSR count). The fourth-order valence-corrected chi connectivity index (χ4v) is 4.34. The molecule has 6 heteroatoms. The molecular weight excluding hydrogens is 428 g/mol. The van der Waals surface area contributed by atoms with Crippen molar-refractivity contribution in [2.45, 2.75) is 13.0 Å². The number of ether oxygens (including phenoxy) is 1. The topological polar surface area (TPSA) is 79.7 Å². The minimum absolute atomic E-state index is 0.0355. The van der Waals surface area contributed by atoms with Crippen molar-refractivity contribution in [3.05, 3.63) is 108 Å². The first-order valence-corrected chi connectivity index (χ1v) is 11.0. The highest BCUT2D eigenvalue weighted by Gasteiger charge is 2.47. The van der Waals surface area contributed by atoms with E-state index in [4.69, 9.17) is 4.74 Å². The zero-order chi connectivity index (χ0) is 23.7. The van der Waals surface area contributed by atoms with Gasteiger partial charge in [-0.15, -0.1) is 0 Å². The number of pyridine rings is 1. The molecule has 0 aliphatic carbocycles. The van der Waals surface area contributed by atoms with Crippen LogP contribution < -0.4 is 9.64 Å². The Morgan fingerprint density at radius 2 is 1.71 bits per heavy atom. The predicted octanol–water partition coefficient (Wildman–Crippen LogP) is 5.26. The van der Waals surface area contributed by atoms with E-state index in [9.17, 15) is 14.7 Å². The highest BCUT2D eigenvalue weighted by molar-refractivity contribution is 6.51. The quantitative estimate of drug-likeness (QED) is 0.255. The first kappa shape index (κ1) is 21.4. The predicted molar refractivity (Wildman–Crippen MR) is 131 cm³/mol. The third-order valence-corrected chi connectivity index (χ3v) is 5.90. The summed E-state index contributed by atoms with van der Waals surface area (Å²) in [4.78, 5) is 32.1. The number of hydrogen-bond acceptors (Lipinski definition) is 5. The molecule has 1 atom stereocenters. The third-order valence-electron chi connectivity index (χ3n) is 5.90. The van der Waals surface area contributed by atoms with Crippen LogP contribution in [-0.4, -0.2) is 28.4 Å². The molecular formula is C28H22N2O4. The number of anilines is 1. The Morgan fingerprint density at radius 1 is 0.941 bits per heavy atom. The van der Waals surface area contributed by atoms with Crippen LogP contribution in [0.1, 0.15) is 24.1 Å². The number of aromatic nitrogens is 1. The molecule has 1 fully saturated rings. The Morgan fingerprint density at radius 3 is 2.47 bits per heavy atom. The van der Waals surface area contributed by atoms with Crippen LogP contribution in [0.4, 0.5) is 5.69 Å². The van der Waals surface area contributed by atoms with Gasteiger partial charge in [-0.3, -0.25) is 19.5 Å². The Kier molecular flexibility index (Phi) is 5.55. The minimum atomic E-state index is -0.814. The third kappa shape index (κ3) is 3.69. The van der Waals surface area contributed by atoms with E-state index in [1.165, 1.54) is 4.90 Å². The van der Waals surface area contributed by atoms with E-state index in [0.717, 1.165) is 10.8 Å². The number of hydrogen-bond donors (Lipinski definition) is 1. The lowest BCUT2D eigenvalue weighted by Gasteiger charge is -2.25. The number of aliphatic hydroxyl groups excluding tert-OH is 1. The highest BCUT2D eigenvalue weighted by Crippen LogP contribution is 2.42. The number of ketones is 1. The lowest BCUT2D eigenvalue weighted by molar-refractivity contribution is -0.132. The first-order chi connectivity index (χ1) is 16.6. The van der Waals surface area contributed by atoms with E-state index in [-0.39, 0.29) is 11.3 Å². The normalized spacial score (nSPS) is 17.3.